The third-order valence-corrected chi connectivity index (χ3v) is 4.01. The number of rotatable bonds is 2. The minimum atomic E-state index is 0.201. The van der Waals surface area contributed by atoms with Crippen LogP contribution in [0.25, 0.3) is 22.4 Å². The summed E-state index contributed by atoms with van der Waals surface area (Å²) >= 11 is 0. The Labute approximate surface area is 138 Å². The lowest BCUT2D eigenvalue weighted by Crippen LogP contribution is -2.06. The first-order valence-corrected chi connectivity index (χ1v) is 7.54. The van der Waals surface area contributed by atoms with Gasteiger partial charge in [0.15, 0.2) is 5.82 Å². The molecule has 0 aliphatic carbocycles. The molecule has 2 aromatic heterocycles. The molecule has 1 N–H and O–H groups in total. The number of nitriles is 1. The second kappa shape index (κ2) is 5.28. The molecular weight excluding hydrogens is 300 g/mol. The largest absolute Gasteiger partial charge is 0.508 e. The topological polar surface area (TPSA) is 66.8 Å². The molecule has 0 aliphatic heterocycles. The third kappa shape index (κ3) is 2.05. The van der Waals surface area contributed by atoms with Crippen molar-refractivity contribution in [2.75, 3.05) is 0 Å². The van der Waals surface area contributed by atoms with E-state index in [2.05, 4.69) is 11.2 Å². The maximum absolute atomic E-state index is 9.74. The van der Waals surface area contributed by atoms with Gasteiger partial charge in [0.05, 0.1) is 11.2 Å². The molecule has 0 unspecified atom stereocenters. The van der Waals surface area contributed by atoms with E-state index in [9.17, 15) is 10.4 Å². The predicted molar refractivity (Wildman–Crippen MR) is 91.5 cm³/mol. The summed E-state index contributed by atoms with van der Waals surface area (Å²) in [5, 5.41) is 24.7. The minimum absolute atomic E-state index is 0.201. The van der Waals surface area contributed by atoms with Gasteiger partial charge in [-0.15, -0.1) is 0 Å². The molecule has 0 bridgehead atoms. The van der Waals surface area contributed by atoms with E-state index in [1.54, 1.807) is 16.8 Å². The molecule has 5 heteroatoms. The summed E-state index contributed by atoms with van der Waals surface area (Å²) in [7, 11) is 0. The molecule has 0 spiro atoms. The van der Waals surface area contributed by atoms with Crippen LogP contribution in [-0.2, 0) is 0 Å². The van der Waals surface area contributed by atoms with Crippen LogP contribution in [0.15, 0.2) is 60.8 Å². The van der Waals surface area contributed by atoms with E-state index >= 15 is 0 Å². The number of aryl methyl sites for hydroxylation is 1. The highest BCUT2D eigenvalue weighted by atomic mass is 16.3. The van der Waals surface area contributed by atoms with Gasteiger partial charge in [-0.25, -0.2) is 4.68 Å². The number of fused-ring (bicyclic) bond motifs is 1. The molecule has 116 valence electrons. The molecular formula is C19H14N4O. The van der Waals surface area contributed by atoms with Crippen molar-refractivity contribution in [1.29, 1.82) is 5.26 Å². The van der Waals surface area contributed by atoms with Crippen molar-refractivity contribution in [3.8, 4) is 23.3 Å². The maximum atomic E-state index is 9.74. The fourth-order valence-electron chi connectivity index (χ4n) is 2.95. The Kier molecular flexibility index (Phi) is 3.10. The second-order valence-corrected chi connectivity index (χ2v) is 5.58. The van der Waals surface area contributed by atoms with Crippen molar-refractivity contribution in [3.63, 3.8) is 0 Å². The molecule has 2 heterocycles. The summed E-state index contributed by atoms with van der Waals surface area (Å²) < 4.78 is 3.71. The number of hydrogen-bond donors (Lipinski definition) is 1. The van der Waals surface area contributed by atoms with Gasteiger partial charge in [0.2, 0.25) is 0 Å². The highest BCUT2D eigenvalue weighted by Crippen LogP contribution is 2.32. The molecule has 0 saturated heterocycles. The van der Waals surface area contributed by atoms with Gasteiger partial charge >= 0.3 is 0 Å². The van der Waals surface area contributed by atoms with Gasteiger partial charge in [-0.1, -0.05) is 18.2 Å². The van der Waals surface area contributed by atoms with Crippen LogP contribution in [0.2, 0.25) is 0 Å². The summed E-state index contributed by atoms with van der Waals surface area (Å²) in [5.41, 5.74) is 3.22. The van der Waals surface area contributed by atoms with Gasteiger partial charge in [-0.3, -0.25) is 4.57 Å². The Bertz CT molecular complexity index is 1080. The Balaban J connectivity index is 2.14. The number of aromatic hydroxyl groups is 1. The Morgan fingerprint density at radius 2 is 1.79 bits per heavy atom. The highest BCUT2D eigenvalue weighted by Gasteiger charge is 2.20. The minimum Gasteiger partial charge on any atom is -0.508 e. The maximum Gasteiger partial charge on any atom is 0.157 e. The fourth-order valence-corrected chi connectivity index (χ4v) is 2.95. The van der Waals surface area contributed by atoms with Gasteiger partial charge in [-0.2, -0.15) is 10.4 Å². The van der Waals surface area contributed by atoms with Gasteiger partial charge in [-0.05, 0) is 43.3 Å². The predicted octanol–water partition coefficient (Wildman–Crippen LogP) is 3.70. The van der Waals surface area contributed by atoms with Crippen molar-refractivity contribution < 1.29 is 5.11 Å². The molecule has 0 radical (unpaired) electrons. The van der Waals surface area contributed by atoms with E-state index in [1.807, 2.05) is 60.2 Å². The molecule has 0 saturated carbocycles. The van der Waals surface area contributed by atoms with E-state index in [4.69, 9.17) is 0 Å². The van der Waals surface area contributed by atoms with E-state index in [1.165, 1.54) is 0 Å². The summed E-state index contributed by atoms with van der Waals surface area (Å²) in [4.78, 5) is 0. The number of aromatic nitrogens is 3. The molecule has 0 fully saturated rings. The summed E-state index contributed by atoms with van der Waals surface area (Å²) in [6.45, 7) is 1.91. The third-order valence-electron chi connectivity index (χ3n) is 4.01. The van der Waals surface area contributed by atoms with E-state index in [-0.39, 0.29) is 5.75 Å². The molecule has 4 aromatic rings. The molecule has 0 amide bonds. The number of phenols is 1. The van der Waals surface area contributed by atoms with Crippen LogP contribution < -0.4 is 0 Å². The van der Waals surface area contributed by atoms with E-state index < -0.39 is 0 Å². The summed E-state index contributed by atoms with van der Waals surface area (Å²) in [6, 6.07) is 18.9. The van der Waals surface area contributed by atoms with Crippen molar-refractivity contribution >= 4 is 10.9 Å². The first-order chi connectivity index (χ1) is 11.7. The fraction of sp³-hybridized carbons (Fsp3) is 0.0526. The number of hydrogen-bond acceptors (Lipinski definition) is 3. The van der Waals surface area contributed by atoms with Gasteiger partial charge in [0, 0.05) is 17.3 Å². The molecule has 0 atom stereocenters. The Morgan fingerprint density at radius 1 is 1.04 bits per heavy atom. The number of phenolic OH excluding ortho intramolecular Hbond substituents is 1. The van der Waals surface area contributed by atoms with Gasteiger partial charge in [0.25, 0.3) is 0 Å². The SMILES string of the molecule is Cc1ccn(-c2c(C#N)c3ccccc3n2-c2ccc(O)cc2)n1. The van der Waals surface area contributed by atoms with Crippen molar-refractivity contribution in [2.45, 2.75) is 6.92 Å². The molecule has 2 aromatic carbocycles. The van der Waals surface area contributed by atoms with Crippen LogP contribution in [0.4, 0.5) is 0 Å². The standard InChI is InChI=1S/C19H14N4O/c1-13-10-11-22(21-13)19-17(12-20)16-4-2-3-5-18(16)23(19)14-6-8-15(24)9-7-14/h2-11,24H,1H3. The van der Waals surface area contributed by atoms with Crippen molar-refractivity contribution in [2.24, 2.45) is 0 Å². The zero-order valence-electron chi connectivity index (χ0n) is 13.0. The first-order valence-electron chi connectivity index (χ1n) is 7.54. The Hall–Kier alpha value is -3.52. The summed E-state index contributed by atoms with van der Waals surface area (Å²) in [6.07, 6.45) is 1.85. The van der Waals surface area contributed by atoms with Crippen LogP contribution >= 0.6 is 0 Å². The lowest BCUT2D eigenvalue weighted by molar-refractivity contribution is 0.475. The van der Waals surface area contributed by atoms with Crippen molar-refractivity contribution in [1.82, 2.24) is 14.3 Å². The van der Waals surface area contributed by atoms with Gasteiger partial charge in [0.1, 0.15) is 17.4 Å². The number of para-hydroxylation sites is 1. The van der Waals surface area contributed by atoms with Crippen LogP contribution in [-0.4, -0.2) is 19.5 Å². The zero-order chi connectivity index (χ0) is 16.7. The summed E-state index contributed by atoms with van der Waals surface area (Å²) in [5.74, 6) is 0.893. The quantitative estimate of drug-likeness (QED) is 0.613. The van der Waals surface area contributed by atoms with Crippen LogP contribution in [0.1, 0.15) is 11.3 Å². The zero-order valence-corrected chi connectivity index (χ0v) is 13.0. The van der Waals surface area contributed by atoms with Crippen LogP contribution in [0.3, 0.4) is 0 Å². The normalized spacial score (nSPS) is 10.8. The smallest absolute Gasteiger partial charge is 0.157 e. The van der Waals surface area contributed by atoms with Crippen molar-refractivity contribution in [3.05, 3.63) is 72.1 Å². The lowest BCUT2D eigenvalue weighted by Gasteiger charge is -2.11. The molecule has 0 aliphatic rings. The average molecular weight is 314 g/mol. The van der Waals surface area contributed by atoms with Crippen LogP contribution in [0, 0.1) is 18.3 Å². The first kappa shape index (κ1) is 14.1. The lowest BCUT2D eigenvalue weighted by atomic mass is 10.2. The number of nitrogens with zero attached hydrogens (tertiary/aromatic N) is 4. The monoisotopic (exact) mass is 314 g/mol. The van der Waals surface area contributed by atoms with Gasteiger partial charge < -0.3 is 5.11 Å². The highest BCUT2D eigenvalue weighted by molar-refractivity contribution is 5.92. The van der Waals surface area contributed by atoms with E-state index in [0.717, 1.165) is 22.3 Å². The van der Waals surface area contributed by atoms with Crippen LogP contribution in [0.5, 0.6) is 5.75 Å². The molecule has 24 heavy (non-hydrogen) atoms. The van der Waals surface area contributed by atoms with E-state index in [0.29, 0.717) is 11.4 Å². The Morgan fingerprint density at radius 3 is 2.46 bits per heavy atom. The molecule has 4 rings (SSSR count). The second-order valence-electron chi connectivity index (χ2n) is 5.58. The number of benzene rings is 2. The average Bonchev–Trinajstić information content (AvgIpc) is 3.16. The molecule has 5 nitrogen and oxygen atoms in total.